The number of benzene rings is 3. The second-order valence-electron chi connectivity index (χ2n) is 10.3. The molecule has 1 aliphatic carbocycles. The number of para-hydroxylation sites is 1. The number of amides is 2. The predicted octanol–water partition coefficient (Wildman–Crippen LogP) is 6.12. The highest BCUT2D eigenvalue weighted by atomic mass is 32.1. The molecule has 7 nitrogen and oxygen atoms in total. The first kappa shape index (κ1) is 27.5. The standard InChI is InChI=1S/C32H33N3O4S/c36-29(31-34-26-14-6-7-16-28(26)40-31)27(33-30(37)25-18-17-23-12-4-5-13-24(23)20-25)15-8-9-19-35(32(38)39)21-22-10-2-1-3-11-22/h1-7,10-14,16,25,27H,8-9,15,17-21H2,(H,33,37)(H,38,39)/t25?,27-/m0/s1. The predicted molar refractivity (Wildman–Crippen MR) is 157 cm³/mol. The summed E-state index contributed by atoms with van der Waals surface area (Å²) in [6, 6.07) is 24.6. The summed E-state index contributed by atoms with van der Waals surface area (Å²) in [5.74, 6) is -0.482. The van der Waals surface area contributed by atoms with Crippen LogP contribution in [0.1, 0.15) is 52.2 Å². The largest absolute Gasteiger partial charge is 0.465 e. The van der Waals surface area contributed by atoms with Crippen molar-refractivity contribution < 1.29 is 19.5 Å². The Balaban J connectivity index is 1.25. The number of aryl methyl sites for hydroxylation is 1. The minimum absolute atomic E-state index is 0.106. The Bertz CT molecular complexity index is 1450. The van der Waals surface area contributed by atoms with Gasteiger partial charge in [-0.1, -0.05) is 66.7 Å². The fourth-order valence-electron chi connectivity index (χ4n) is 5.30. The molecule has 1 unspecified atom stereocenters. The van der Waals surface area contributed by atoms with E-state index in [1.54, 1.807) is 0 Å². The number of hydrogen-bond acceptors (Lipinski definition) is 5. The van der Waals surface area contributed by atoms with E-state index in [1.165, 1.54) is 27.4 Å². The van der Waals surface area contributed by atoms with E-state index < -0.39 is 12.1 Å². The lowest BCUT2D eigenvalue weighted by Gasteiger charge is -2.26. The number of thiazole rings is 1. The number of carbonyl (C=O) groups is 3. The molecule has 0 spiro atoms. The molecule has 1 aliphatic rings. The van der Waals surface area contributed by atoms with E-state index in [4.69, 9.17) is 0 Å². The van der Waals surface area contributed by atoms with Gasteiger partial charge in [-0.15, -0.1) is 11.3 Å². The summed E-state index contributed by atoms with van der Waals surface area (Å²) in [6.07, 6.45) is 2.87. The number of aromatic nitrogens is 1. The monoisotopic (exact) mass is 555 g/mol. The van der Waals surface area contributed by atoms with E-state index in [0.29, 0.717) is 43.8 Å². The molecule has 0 radical (unpaired) electrons. The van der Waals surface area contributed by atoms with Crippen LogP contribution in [0.2, 0.25) is 0 Å². The van der Waals surface area contributed by atoms with Crippen molar-refractivity contribution in [3.8, 4) is 0 Å². The second kappa shape index (κ2) is 12.9. The average Bonchev–Trinajstić information content (AvgIpc) is 3.42. The van der Waals surface area contributed by atoms with Crippen LogP contribution < -0.4 is 5.32 Å². The van der Waals surface area contributed by atoms with Gasteiger partial charge in [-0.3, -0.25) is 9.59 Å². The SMILES string of the molecule is O=C(N[C@@H](CCCCN(Cc1ccccc1)C(=O)O)C(=O)c1nc2ccccc2s1)C1CCc2ccccc2C1. The van der Waals surface area contributed by atoms with Crippen LogP contribution in [0, 0.1) is 5.92 Å². The molecule has 8 heteroatoms. The highest BCUT2D eigenvalue weighted by Crippen LogP contribution is 2.27. The van der Waals surface area contributed by atoms with Crippen LogP contribution in [0.3, 0.4) is 0 Å². The summed E-state index contributed by atoms with van der Waals surface area (Å²) >= 11 is 1.34. The highest BCUT2D eigenvalue weighted by Gasteiger charge is 2.30. The van der Waals surface area contributed by atoms with Gasteiger partial charge >= 0.3 is 6.09 Å². The van der Waals surface area contributed by atoms with E-state index >= 15 is 0 Å². The fraction of sp³-hybridized carbons (Fsp3) is 0.312. The first-order valence-corrected chi connectivity index (χ1v) is 14.6. The molecule has 0 bridgehead atoms. The molecule has 1 heterocycles. The lowest BCUT2D eigenvalue weighted by Crippen LogP contribution is -2.45. The Labute approximate surface area is 237 Å². The minimum Gasteiger partial charge on any atom is -0.465 e. The highest BCUT2D eigenvalue weighted by molar-refractivity contribution is 7.20. The van der Waals surface area contributed by atoms with Gasteiger partial charge in [0.25, 0.3) is 0 Å². The molecule has 2 N–H and O–H groups in total. The van der Waals surface area contributed by atoms with Crippen molar-refractivity contribution in [1.29, 1.82) is 0 Å². The molecular weight excluding hydrogens is 522 g/mol. The van der Waals surface area contributed by atoms with Gasteiger partial charge in [0.1, 0.15) is 0 Å². The first-order chi connectivity index (χ1) is 19.5. The number of nitrogens with zero attached hydrogens (tertiary/aromatic N) is 2. The van der Waals surface area contributed by atoms with Crippen molar-refractivity contribution in [2.75, 3.05) is 6.54 Å². The summed E-state index contributed by atoms with van der Waals surface area (Å²) < 4.78 is 0.929. The van der Waals surface area contributed by atoms with Gasteiger partial charge in [-0.2, -0.15) is 0 Å². The molecule has 4 aromatic rings. The van der Waals surface area contributed by atoms with Gasteiger partial charge in [-0.25, -0.2) is 9.78 Å². The Kier molecular flexibility index (Phi) is 8.86. The van der Waals surface area contributed by atoms with E-state index in [2.05, 4.69) is 22.4 Å². The Morgan fingerprint density at radius 2 is 1.68 bits per heavy atom. The summed E-state index contributed by atoms with van der Waals surface area (Å²) in [5, 5.41) is 13.1. The lowest BCUT2D eigenvalue weighted by atomic mass is 9.83. The van der Waals surface area contributed by atoms with Crippen molar-refractivity contribution in [3.05, 3.63) is 101 Å². The van der Waals surface area contributed by atoms with Crippen LogP contribution >= 0.6 is 11.3 Å². The van der Waals surface area contributed by atoms with Gasteiger partial charge in [0.05, 0.1) is 16.3 Å². The van der Waals surface area contributed by atoms with Crippen molar-refractivity contribution in [1.82, 2.24) is 15.2 Å². The topological polar surface area (TPSA) is 99.6 Å². The number of nitrogens with one attached hydrogen (secondary N) is 1. The van der Waals surface area contributed by atoms with Gasteiger partial charge in [-0.05, 0) is 67.3 Å². The summed E-state index contributed by atoms with van der Waals surface area (Å²) in [6.45, 7) is 0.657. The van der Waals surface area contributed by atoms with Crippen molar-refractivity contribution in [3.63, 3.8) is 0 Å². The summed E-state index contributed by atoms with van der Waals surface area (Å²) in [5.41, 5.74) is 4.17. The molecule has 1 aromatic heterocycles. The Morgan fingerprint density at radius 1 is 0.950 bits per heavy atom. The van der Waals surface area contributed by atoms with Crippen molar-refractivity contribution in [2.24, 2.45) is 5.92 Å². The minimum atomic E-state index is -0.975. The second-order valence-corrected chi connectivity index (χ2v) is 11.3. The quantitative estimate of drug-likeness (QED) is 0.172. The summed E-state index contributed by atoms with van der Waals surface area (Å²) in [7, 11) is 0. The maximum Gasteiger partial charge on any atom is 0.407 e. The fourth-order valence-corrected chi connectivity index (χ4v) is 6.26. The molecule has 40 heavy (non-hydrogen) atoms. The maximum absolute atomic E-state index is 13.6. The number of fused-ring (bicyclic) bond motifs is 2. The number of ketones is 1. The Morgan fingerprint density at radius 3 is 2.45 bits per heavy atom. The zero-order valence-electron chi connectivity index (χ0n) is 22.3. The smallest absolute Gasteiger partial charge is 0.407 e. The number of Topliss-reactive ketones (excluding diaryl/α,β-unsaturated/α-hetero) is 1. The third-order valence-electron chi connectivity index (χ3n) is 7.51. The van der Waals surface area contributed by atoms with Gasteiger partial charge in [0.15, 0.2) is 5.01 Å². The molecule has 0 saturated heterocycles. The van der Waals surface area contributed by atoms with Crippen LogP contribution in [0.25, 0.3) is 10.2 Å². The first-order valence-electron chi connectivity index (χ1n) is 13.8. The Hall–Kier alpha value is -4.04. The van der Waals surface area contributed by atoms with Crippen molar-refractivity contribution >= 4 is 39.3 Å². The molecular formula is C32H33N3O4S. The summed E-state index contributed by atoms with van der Waals surface area (Å²) in [4.78, 5) is 44.8. The van der Waals surface area contributed by atoms with E-state index in [-0.39, 0.29) is 17.6 Å². The van der Waals surface area contributed by atoms with Crippen LogP contribution in [0.15, 0.2) is 78.9 Å². The third kappa shape index (κ3) is 6.74. The molecule has 3 aromatic carbocycles. The van der Waals surface area contributed by atoms with E-state index in [0.717, 1.165) is 28.6 Å². The molecule has 2 amide bonds. The average molecular weight is 556 g/mol. The number of hydrogen-bond donors (Lipinski definition) is 2. The van der Waals surface area contributed by atoms with Gasteiger partial charge in [0, 0.05) is 19.0 Å². The number of carboxylic acid groups (broad SMARTS) is 1. The van der Waals surface area contributed by atoms with Gasteiger partial charge in [0.2, 0.25) is 11.7 Å². The normalized spacial score (nSPS) is 15.2. The van der Waals surface area contributed by atoms with Crippen LogP contribution in [-0.4, -0.2) is 45.4 Å². The number of rotatable bonds is 11. The van der Waals surface area contributed by atoms with E-state index in [1.807, 2.05) is 66.7 Å². The third-order valence-corrected chi connectivity index (χ3v) is 8.56. The number of unbranched alkanes of at least 4 members (excludes halogenated alkanes) is 1. The zero-order valence-corrected chi connectivity index (χ0v) is 23.1. The molecule has 2 atom stereocenters. The van der Waals surface area contributed by atoms with Gasteiger partial charge < -0.3 is 15.3 Å². The van der Waals surface area contributed by atoms with Crippen molar-refractivity contribution in [2.45, 2.75) is 51.1 Å². The molecule has 0 saturated carbocycles. The lowest BCUT2D eigenvalue weighted by molar-refractivity contribution is -0.125. The zero-order chi connectivity index (χ0) is 27.9. The van der Waals surface area contributed by atoms with Crippen LogP contribution in [0.5, 0.6) is 0 Å². The van der Waals surface area contributed by atoms with E-state index in [9.17, 15) is 19.5 Å². The van der Waals surface area contributed by atoms with Crippen LogP contribution in [-0.2, 0) is 24.2 Å². The molecule has 0 fully saturated rings. The maximum atomic E-state index is 13.6. The molecule has 5 rings (SSSR count). The number of carbonyl (C=O) groups excluding carboxylic acids is 2. The van der Waals surface area contributed by atoms with Crippen LogP contribution in [0.4, 0.5) is 4.79 Å². The molecule has 206 valence electrons. The molecule has 0 aliphatic heterocycles.